The molecule has 2 aromatic heterocycles. The average Bonchev–Trinajstić information content (AvgIpc) is 3.48. The first kappa shape index (κ1) is 27.7. The number of carboxylic acids is 1. The molecule has 0 saturated carbocycles. The number of nitrogen functional groups attached to an aromatic ring is 1. The van der Waals surface area contributed by atoms with Crippen LogP contribution in [0.1, 0.15) is 11.5 Å². The van der Waals surface area contributed by atoms with Gasteiger partial charge in [-0.15, -0.1) is 23.1 Å². The van der Waals surface area contributed by atoms with Gasteiger partial charge in [-0.2, -0.15) is 0 Å². The summed E-state index contributed by atoms with van der Waals surface area (Å²) in [6.07, 6.45) is 2.89. The number of nitrogens with zero attached hydrogens (tertiary/aromatic N) is 5. The number of halogens is 1. The molecule has 4 N–H and O–H groups in total. The molecule has 2 aliphatic rings. The molecule has 1 amide bonds. The number of alkyl halides is 1. The summed E-state index contributed by atoms with van der Waals surface area (Å²) in [4.78, 5) is 33.4. The number of hydrogen-bond acceptors (Lipinski definition) is 13. The van der Waals surface area contributed by atoms with Crippen molar-refractivity contribution in [3.05, 3.63) is 40.2 Å². The van der Waals surface area contributed by atoms with Crippen LogP contribution in [0, 0.1) is 0 Å². The van der Waals surface area contributed by atoms with Crippen molar-refractivity contribution in [3.8, 4) is 5.88 Å². The average molecular weight is 546 g/mol. The molecule has 0 radical (unpaired) electrons. The van der Waals surface area contributed by atoms with E-state index < -0.39 is 41.6 Å². The van der Waals surface area contributed by atoms with Crippen molar-refractivity contribution in [1.82, 2.24) is 15.0 Å². The van der Waals surface area contributed by atoms with Gasteiger partial charge in [0.05, 0.1) is 0 Å². The van der Waals surface area contributed by atoms with Gasteiger partial charge in [-0.05, 0) is 16.8 Å². The Morgan fingerprint density at radius 3 is 2.89 bits per heavy atom. The van der Waals surface area contributed by atoms with Crippen LogP contribution in [0.25, 0.3) is 6.08 Å². The van der Waals surface area contributed by atoms with E-state index >= 15 is 0 Å². The van der Waals surface area contributed by atoms with E-state index in [2.05, 4.69) is 20.3 Å². The van der Waals surface area contributed by atoms with Crippen molar-refractivity contribution in [2.45, 2.75) is 11.4 Å². The molecular weight excluding hydrogens is 530 g/mol. The number of aliphatic imine (C=N–C) groups is 1. The minimum absolute atomic E-state index is 0. The van der Waals surface area contributed by atoms with Gasteiger partial charge in [0.1, 0.15) is 35.8 Å². The van der Waals surface area contributed by atoms with Crippen molar-refractivity contribution in [2.75, 3.05) is 24.8 Å². The van der Waals surface area contributed by atoms with Gasteiger partial charge in [-0.3, -0.25) is 14.7 Å². The first-order valence-corrected chi connectivity index (χ1v) is 11.7. The van der Waals surface area contributed by atoms with Gasteiger partial charge in [0.2, 0.25) is 0 Å². The normalized spacial score (nSPS) is 20.2. The summed E-state index contributed by atoms with van der Waals surface area (Å²) in [5.41, 5.74) is 5.11. The zero-order chi connectivity index (χ0) is 25.1. The first-order valence-electron chi connectivity index (χ1n) is 9.77. The van der Waals surface area contributed by atoms with Crippen LogP contribution < -0.4 is 45.1 Å². The summed E-state index contributed by atoms with van der Waals surface area (Å²) in [5, 5.41) is 38.8. The Balaban J connectivity index is 0.00000361. The molecule has 4 heterocycles. The number of carbonyl (C=O) groups is 2. The number of carbonyl (C=O) groups excluding carboxylic acids is 1. The minimum Gasteiger partial charge on any atom is -0.857 e. The van der Waals surface area contributed by atoms with Crippen LogP contribution in [0.4, 0.5) is 9.52 Å². The number of amides is 1. The summed E-state index contributed by atoms with van der Waals surface area (Å²) < 4.78 is 22.2. The predicted octanol–water partition coefficient (Wildman–Crippen LogP) is -2.66. The number of anilines is 1. The van der Waals surface area contributed by atoms with Gasteiger partial charge in [-0.25, -0.2) is 14.2 Å². The summed E-state index contributed by atoms with van der Waals surface area (Å²) in [6, 6.07) is 0.238. The molecule has 13 nitrogen and oxygen atoms in total. The number of thiazole rings is 1. The van der Waals surface area contributed by atoms with Crippen molar-refractivity contribution in [1.29, 1.82) is 0 Å². The monoisotopic (exact) mass is 546 g/mol. The smallest absolute Gasteiger partial charge is 0.857 e. The Morgan fingerprint density at radius 1 is 1.47 bits per heavy atom. The van der Waals surface area contributed by atoms with Gasteiger partial charge < -0.3 is 30.4 Å². The fraction of sp³-hybridized carbons (Fsp3) is 0.263. The van der Waals surface area contributed by atoms with Crippen LogP contribution in [-0.2, 0) is 9.59 Å². The fourth-order valence-electron chi connectivity index (χ4n) is 3.27. The molecule has 0 aliphatic carbocycles. The Kier molecular flexibility index (Phi) is 9.13. The zero-order valence-corrected chi connectivity index (χ0v) is 22.2. The van der Waals surface area contributed by atoms with E-state index in [4.69, 9.17) is 15.0 Å². The van der Waals surface area contributed by atoms with E-state index in [0.29, 0.717) is 5.57 Å². The summed E-state index contributed by atoms with van der Waals surface area (Å²) in [5.74, 6) is -2.53. The van der Waals surface area contributed by atoms with E-state index in [9.17, 15) is 29.4 Å². The van der Waals surface area contributed by atoms with Crippen LogP contribution in [-0.4, -0.2) is 79.3 Å². The number of ether oxygens (including phenoxy) is 1. The zero-order valence-electron chi connectivity index (χ0n) is 18.5. The second-order valence-electron chi connectivity index (χ2n) is 6.93. The maximum absolute atomic E-state index is 12.8. The van der Waals surface area contributed by atoms with E-state index in [-0.39, 0.29) is 70.1 Å². The summed E-state index contributed by atoms with van der Waals surface area (Å²) >= 11 is 2.23. The SMILES string of the molecule is Nc1nc(/C(=N/O)C([O-])=NC2C(=O)N3C(C(=O)O)=C(/C=C/c4cc(OCCF)no4)CSC23)cs1.[Na+]. The summed E-state index contributed by atoms with van der Waals surface area (Å²) in [6.45, 7) is -0.876. The number of nitrogens with two attached hydrogens (primary N) is 1. The molecule has 2 aromatic rings. The van der Waals surface area contributed by atoms with Crippen LogP contribution in [0.2, 0.25) is 0 Å². The van der Waals surface area contributed by atoms with Crippen LogP contribution in [0.15, 0.2) is 43.5 Å². The molecule has 0 spiro atoms. The Morgan fingerprint density at radius 2 is 2.25 bits per heavy atom. The number of allylic oxidation sites excluding steroid dienone is 1. The maximum atomic E-state index is 12.8. The fourth-order valence-corrected chi connectivity index (χ4v) is 5.12. The third-order valence-electron chi connectivity index (χ3n) is 4.78. The number of hydrogen-bond donors (Lipinski definition) is 3. The van der Waals surface area contributed by atoms with Crippen LogP contribution in [0.5, 0.6) is 5.88 Å². The van der Waals surface area contributed by atoms with E-state index in [1.807, 2.05) is 0 Å². The predicted molar refractivity (Wildman–Crippen MR) is 121 cm³/mol. The number of fused-ring (bicyclic) bond motifs is 1. The molecule has 17 heteroatoms. The minimum atomic E-state index is -1.34. The number of thioether (sulfide) groups is 1. The van der Waals surface area contributed by atoms with Gasteiger partial charge in [0.15, 0.2) is 16.9 Å². The number of aliphatic carboxylic acids is 1. The first-order chi connectivity index (χ1) is 16.8. The van der Waals surface area contributed by atoms with Gasteiger partial charge in [0.25, 0.3) is 11.8 Å². The Labute approximate surface area is 232 Å². The van der Waals surface area contributed by atoms with Crippen molar-refractivity contribution < 1.29 is 68.2 Å². The maximum Gasteiger partial charge on any atom is 1.00 e. The number of β-lactam (4-membered cyclic amide) rings is 1. The second kappa shape index (κ2) is 11.9. The standard InChI is InChI=1S/C19H17FN6O7S2.Na/c20-3-4-32-11-5-9(33-25-11)2-1-8-6-34-17-13(16(28)26(17)14(8)18(29)30)23-15(27)12(24-31)10-7-35-19(21)22-10;/h1-2,5,7,13,17,31H,3-4,6H2,(H2,21,22)(H,23,27)(H,29,30);/q;+1/p-1/b2-1+,24-12-;. The third kappa shape index (κ3) is 5.57. The van der Waals surface area contributed by atoms with E-state index in [1.165, 1.54) is 35.4 Å². The van der Waals surface area contributed by atoms with Crippen molar-refractivity contribution >= 4 is 57.8 Å². The molecule has 1 saturated heterocycles. The Bertz CT molecular complexity index is 1280. The Hall–Kier alpha value is -2.92. The third-order valence-corrected chi connectivity index (χ3v) is 6.74. The topological polar surface area (TPSA) is 200 Å². The molecular formula is C19H16FN6NaO7S2. The molecule has 4 rings (SSSR count). The molecule has 2 unspecified atom stereocenters. The molecule has 0 aromatic carbocycles. The van der Waals surface area contributed by atoms with E-state index in [0.717, 1.165) is 16.2 Å². The van der Waals surface area contributed by atoms with Gasteiger partial charge >= 0.3 is 35.5 Å². The molecule has 184 valence electrons. The molecule has 36 heavy (non-hydrogen) atoms. The molecule has 2 atom stereocenters. The van der Waals surface area contributed by atoms with Crippen molar-refractivity contribution in [3.63, 3.8) is 0 Å². The van der Waals surface area contributed by atoms with Gasteiger partial charge in [0, 0.05) is 23.1 Å². The summed E-state index contributed by atoms with van der Waals surface area (Å²) in [7, 11) is 0. The van der Waals surface area contributed by atoms with Crippen LogP contribution >= 0.6 is 23.1 Å². The number of oxime groups is 1. The largest absolute Gasteiger partial charge is 1.00 e. The van der Waals surface area contributed by atoms with Crippen LogP contribution in [0.3, 0.4) is 0 Å². The number of carboxylic acid groups (broad SMARTS) is 1. The second-order valence-corrected chi connectivity index (χ2v) is 8.92. The number of aromatic nitrogens is 2. The molecule has 1 fully saturated rings. The van der Waals surface area contributed by atoms with Gasteiger partial charge in [-0.1, -0.05) is 11.2 Å². The molecule has 0 bridgehead atoms. The number of rotatable bonds is 9. The van der Waals surface area contributed by atoms with Crippen molar-refractivity contribution in [2.24, 2.45) is 10.1 Å². The van der Waals surface area contributed by atoms with E-state index in [1.54, 1.807) is 0 Å². The quantitative estimate of drug-likeness (QED) is 0.0740. The molecule has 2 aliphatic heterocycles.